The van der Waals surface area contributed by atoms with E-state index >= 15 is 0 Å². The molecule has 0 saturated carbocycles. The predicted octanol–water partition coefficient (Wildman–Crippen LogP) is 4.17. The number of aromatic nitrogens is 2. The number of rotatable bonds is 4. The summed E-state index contributed by atoms with van der Waals surface area (Å²) in [4.78, 5) is 21.4. The smallest absolute Gasteiger partial charge is 0.274 e. The topological polar surface area (TPSA) is 85.4 Å². The summed E-state index contributed by atoms with van der Waals surface area (Å²) in [6.45, 7) is 6.76. The molecule has 0 radical (unpaired) electrons. The van der Waals surface area contributed by atoms with Gasteiger partial charge >= 0.3 is 0 Å². The second-order valence-electron chi connectivity index (χ2n) is 6.94. The largest absolute Gasteiger partial charge is 0.486 e. The van der Waals surface area contributed by atoms with Gasteiger partial charge < -0.3 is 20.1 Å². The van der Waals surface area contributed by atoms with Crippen LogP contribution in [0, 0.1) is 20.8 Å². The van der Waals surface area contributed by atoms with Crippen LogP contribution in [0.15, 0.2) is 42.5 Å². The van der Waals surface area contributed by atoms with Crippen LogP contribution >= 0.6 is 0 Å². The number of hydrogen-bond acceptors (Lipinski definition) is 6. The van der Waals surface area contributed by atoms with Crippen molar-refractivity contribution in [3.8, 4) is 11.5 Å². The number of aryl methyl sites for hydroxylation is 3. The monoisotopic (exact) mass is 390 g/mol. The summed E-state index contributed by atoms with van der Waals surface area (Å²) < 4.78 is 11.2. The third kappa shape index (κ3) is 4.29. The maximum absolute atomic E-state index is 12.8. The molecule has 0 aliphatic carbocycles. The minimum atomic E-state index is -0.283. The van der Waals surface area contributed by atoms with Crippen molar-refractivity contribution in [1.82, 2.24) is 9.97 Å². The molecule has 3 aromatic rings. The first-order valence-electron chi connectivity index (χ1n) is 9.39. The molecule has 1 aliphatic rings. The van der Waals surface area contributed by atoms with E-state index in [1.54, 1.807) is 13.0 Å². The van der Waals surface area contributed by atoms with Gasteiger partial charge in [0.25, 0.3) is 5.91 Å². The van der Waals surface area contributed by atoms with E-state index < -0.39 is 0 Å². The lowest BCUT2D eigenvalue weighted by atomic mass is 10.1. The number of ether oxygens (including phenoxy) is 2. The Labute approximate surface area is 169 Å². The lowest BCUT2D eigenvalue weighted by molar-refractivity contribution is 0.102. The molecule has 1 amide bonds. The Morgan fingerprint density at radius 2 is 1.72 bits per heavy atom. The van der Waals surface area contributed by atoms with Crippen molar-refractivity contribution in [2.45, 2.75) is 20.8 Å². The Balaban J connectivity index is 1.56. The van der Waals surface area contributed by atoms with E-state index in [1.165, 1.54) is 0 Å². The summed E-state index contributed by atoms with van der Waals surface area (Å²) in [5, 5.41) is 6.14. The van der Waals surface area contributed by atoms with Crippen LogP contribution in [0.3, 0.4) is 0 Å². The number of fused-ring (bicyclic) bond motifs is 1. The van der Waals surface area contributed by atoms with Gasteiger partial charge in [-0.3, -0.25) is 4.79 Å². The van der Waals surface area contributed by atoms with Gasteiger partial charge in [0, 0.05) is 23.5 Å². The molecule has 0 unspecified atom stereocenters. The lowest BCUT2D eigenvalue weighted by Crippen LogP contribution is -2.16. The van der Waals surface area contributed by atoms with Crippen molar-refractivity contribution < 1.29 is 14.3 Å². The van der Waals surface area contributed by atoms with Gasteiger partial charge in [-0.1, -0.05) is 12.1 Å². The summed E-state index contributed by atoms with van der Waals surface area (Å²) >= 11 is 0. The highest BCUT2D eigenvalue weighted by Gasteiger charge is 2.14. The number of anilines is 3. The molecule has 7 nitrogen and oxygen atoms in total. The Kier molecular flexibility index (Phi) is 5.03. The van der Waals surface area contributed by atoms with E-state index in [4.69, 9.17) is 9.47 Å². The first kappa shape index (κ1) is 18.7. The molecule has 0 saturated heterocycles. The Morgan fingerprint density at radius 3 is 2.55 bits per heavy atom. The maximum atomic E-state index is 12.8. The van der Waals surface area contributed by atoms with Crippen molar-refractivity contribution in [2.75, 3.05) is 23.8 Å². The van der Waals surface area contributed by atoms with Gasteiger partial charge in [-0.05, 0) is 50.1 Å². The van der Waals surface area contributed by atoms with Crippen molar-refractivity contribution in [3.05, 3.63) is 65.1 Å². The summed E-state index contributed by atoms with van der Waals surface area (Å²) in [5.74, 6) is 2.14. The number of carbonyl (C=O) groups excluding carboxylic acids is 1. The van der Waals surface area contributed by atoms with E-state index in [0.717, 1.165) is 22.5 Å². The number of benzene rings is 2. The molecule has 7 heteroatoms. The van der Waals surface area contributed by atoms with Crippen molar-refractivity contribution in [3.63, 3.8) is 0 Å². The van der Waals surface area contributed by atoms with E-state index in [0.29, 0.717) is 42.0 Å². The maximum Gasteiger partial charge on any atom is 0.274 e. The Hall–Kier alpha value is -3.61. The zero-order chi connectivity index (χ0) is 20.4. The van der Waals surface area contributed by atoms with Gasteiger partial charge in [-0.25, -0.2) is 9.97 Å². The van der Waals surface area contributed by atoms with E-state index in [1.807, 2.05) is 50.2 Å². The summed E-state index contributed by atoms with van der Waals surface area (Å²) in [6, 6.07) is 13.1. The minimum absolute atomic E-state index is 0.283. The Morgan fingerprint density at radius 1 is 0.931 bits per heavy atom. The van der Waals surface area contributed by atoms with E-state index in [9.17, 15) is 4.79 Å². The number of nitrogens with one attached hydrogen (secondary N) is 2. The fourth-order valence-electron chi connectivity index (χ4n) is 3.07. The van der Waals surface area contributed by atoms with Crippen LogP contribution in [-0.2, 0) is 0 Å². The molecule has 1 aromatic heterocycles. The minimum Gasteiger partial charge on any atom is -0.486 e. The highest BCUT2D eigenvalue weighted by Crippen LogP contribution is 2.33. The fraction of sp³-hybridized carbons (Fsp3) is 0.227. The van der Waals surface area contributed by atoms with Crippen LogP contribution in [0.1, 0.15) is 27.4 Å². The number of nitrogens with zero attached hydrogens (tertiary/aromatic N) is 2. The van der Waals surface area contributed by atoms with Gasteiger partial charge in [0.15, 0.2) is 11.5 Å². The van der Waals surface area contributed by atoms with Crippen LogP contribution < -0.4 is 20.1 Å². The molecule has 0 bridgehead atoms. The third-order valence-electron chi connectivity index (χ3n) is 4.53. The fourth-order valence-corrected chi connectivity index (χ4v) is 3.07. The number of amides is 1. The first-order valence-corrected chi connectivity index (χ1v) is 9.39. The molecule has 0 spiro atoms. The van der Waals surface area contributed by atoms with Gasteiger partial charge in [0.1, 0.15) is 30.5 Å². The molecular formula is C22H22N4O3. The molecular weight excluding hydrogens is 368 g/mol. The molecule has 2 N–H and O–H groups in total. The predicted molar refractivity (Wildman–Crippen MR) is 111 cm³/mol. The van der Waals surface area contributed by atoms with Gasteiger partial charge in [-0.2, -0.15) is 0 Å². The van der Waals surface area contributed by atoms with Gasteiger partial charge in [0.05, 0.1) is 0 Å². The summed E-state index contributed by atoms with van der Waals surface area (Å²) in [7, 11) is 0. The SMILES string of the molecule is Cc1ccc(C)c(NC(=O)c2cc(Nc3ccc4c(c3)OCCO4)nc(C)n2)c1. The molecule has 0 fully saturated rings. The lowest BCUT2D eigenvalue weighted by Gasteiger charge is -2.19. The van der Waals surface area contributed by atoms with Crippen LogP contribution in [0.4, 0.5) is 17.2 Å². The zero-order valence-electron chi connectivity index (χ0n) is 16.6. The van der Waals surface area contributed by atoms with E-state index in [-0.39, 0.29) is 5.91 Å². The second kappa shape index (κ2) is 7.79. The average molecular weight is 390 g/mol. The first-order chi connectivity index (χ1) is 14.0. The average Bonchev–Trinajstić information content (AvgIpc) is 2.70. The van der Waals surface area contributed by atoms with Crippen LogP contribution in [0.25, 0.3) is 0 Å². The number of carbonyl (C=O) groups is 1. The Bertz CT molecular complexity index is 1080. The van der Waals surface area contributed by atoms with Crippen molar-refractivity contribution in [2.24, 2.45) is 0 Å². The van der Waals surface area contributed by atoms with Crippen molar-refractivity contribution >= 4 is 23.1 Å². The molecule has 148 valence electrons. The molecule has 2 aromatic carbocycles. The third-order valence-corrected chi connectivity index (χ3v) is 4.53. The van der Waals surface area contributed by atoms with Crippen LogP contribution in [-0.4, -0.2) is 29.1 Å². The summed E-state index contributed by atoms with van der Waals surface area (Å²) in [6.07, 6.45) is 0. The zero-order valence-corrected chi connectivity index (χ0v) is 16.6. The summed E-state index contributed by atoms with van der Waals surface area (Å²) in [5.41, 5.74) is 3.91. The molecule has 29 heavy (non-hydrogen) atoms. The molecule has 4 rings (SSSR count). The van der Waals surface area contributed by atoms with Gasteiger partial charge in [0.2, 0.25) is 0 Å². The number of hydrogen-bond donors (Lipinski definition) is 2. The van der Waals surface area contributed by atoms with Crippen molar-refractivity contribution in [1.29, 1.82) is 0 Å². The highest BCUT2D eigenvalue weighted by molar-refractivity contribution is 6.03. The molecule has 1 aliphatic heterocycles. The van der Waals surface area contributed by atoms with Gasteiger partial charge in [-0.15, -0.1) is 0 Å². The highest BCUT2D eigenvalue weighted by atomic mass is 16.6. The van der Waals surface area contributed by atoms with Crippen LogP contribution in [0.5, 0.6) is 11.5 Å². The second-order valence-corrected chi connectivity index (χ2v) is 6.94. The molecule has 2 heterocycles. The quantitative estimate of drug-likeness (QED) is 0.695. The standard InChI is InChI=1S/C22H22N4O3/c1-13-4-5-14(2)17(10-13)26-22(27)18-12-21(24-15(3)23-18)25-16-6-7-19-20(11-16)29-9-8-28-19/h4-7,10-12H,8-9H2,1-3H3,(H,26,27)(H,23,24,25). The van der Waals surface area contributed by atoms with Crippen LogP contribution in [0.2, 0.25) is 0 Å². The normalized spacial score (nSPS) is 12.4. The van der Waals surface area contributed by atoms with E-state index in [2.05, 4.69) is 20.6 Å². The molecule has 0 atom stereocenters.